The van der Waals surface area contributed by atoms with Gasteiger partial charge >= 0.3 is 0 Å². The highest BCUT2D eigenvalue weighted by atomic mass is 16.5. The van der Waals surface area contributed by atoms with Gasteiger partial charge < -0.3 is 15.4 Å². The molecule has 0 aliphatic rings. The number of rotatable bonds is 6. The quantitative estimate of drug-likeness (QED) is 0.454. The Morgan fingerprint density at radius 3 is 2.31 bits per heavy atom. The molecule has 0 bridgehead atoms. The number of amides is 1. The summed E-state index contributed by atoms with van der Waals surface area (Å²) >= 11 is 0. The summed E-state index contributed by atoms with van der Waals surface area (Å²) in [6.07, 6.45) is 0. The van der Waals surface area contributed by atoms with E-state index in [1.54, 1.807) is 13.2 Å². The molecular formula is C25H22N2O2. The van der Waals surface area contributed by atoms with Crippen molar-refractivity contribution in [2.75, 3.05) is 17.7 Å². The van der Waals surface area contributed by atoms with Crippen LogP contribution in [-0.2, 0) is 4.79 Å². The lowest BCUT2D eigenvalue weighted by atomic mass is 10.0. The third-order valence-electron chi connectivity index (χ3n) is 4.79. The van der Waals surface area contributed by atoms with Crippen molar-refractivity contribution in [2.24, 2.45) is 0 Å². The van der Waals surface area contributed by atoms with Gasteiger partial charge in [-0.3, -0.25) is 4.79 Å². The molecule has 4 aromatic carbocycles. The predicted octanol–water partition coefficient (Wildman–Crippen LogP) is 5.64. The van der Waals surface area contributed by atoms with E-state index < -0.39 is 6.04 Å². The van der Waals surface area contributed by atoms with Gasteiger partial charge in [0.2, 0.25) is 0 Å². The molecule has 0 aliphatic heterocycles. The maximum Gasteiger partial charge on any atom is 0.251 e. The third kappa shape index (κ3) is 4.38. The maximum atomic E-state index is 13.2. The van der Waals surface area contributed by atoms with Gasteiger partial charge in [-0.25, -0.2) is 0 Å². The van der Waals surface area contributed by atoms with Gasteiger partial charge in [0.25, 0.3) is 5.91 Å². The number of carbonyl (C=O) groups is 1. The molecule has 29 heavy (non-hydrogen) atoms. The topological polar surface area (TPSA) is 50.4 Å². The first-order chi connectivity index (χ1) is 14.2. The van der Waals surface area contributed by atoms with E-state index in [0.29, 0.717) is 11.4 Å². The number of nitrogens with one attached hydrogen (secondary N) is 2. The summed E-state index contributed by atoms with van der Waals surface area (Å²) in [6, 6.07) is 30.8. The van der Waals surface area contributed by atoms with Crippen LogP contribution in [0.25, 0.3) is 10.8 Å². The third-order valence-corrected chi connectivity index (χ3v) is 4.79. The summed E-state index contributed by atoms with van der Waals surface area (Å²) in [4.78, 5) is 13.2. The molecule has 2 N–H and O–H groups in total. The molecule has 4 nitrogen and oxygen atoms in total. The lowest BCUT2D eigenvalue weighted by Gasteiger charge is -2.20. The fourth-order valence-electron chi connectivity index (χ4n) is 3.31. The highest BCUT2D eigenvalue weighted by Gasteiger charge is 2.21. The van der Waals surface area contributed by atoms with E-state index in [-0.39, 0.29) is 5.91 Å². The number of fused-ring (bicyclic) bond motifs is 1. The van der Waals surface area contributed by atoms with Gasteiger partial charge in [0.15, 0.2) is 0 Å². The fraction of sp³-hybridized carbons (Fsp3) is 0.0800. The molecule has 0 spiro atoms. The number of ether oxygens (including phenoxy) is 1. The number of benzene rings is 4. The Hall–Kier alpha value is -3.79. The molecule has 0 unspecified atom stereocenters. The lowest BCUT2D eigenvalue weighted by molar-refractivity contribution is -0.117. The SMILES string of the molecule is COc1cccc(NC(=O)[C@H](Nc2ccc3ccccc3c2)c2ccccc2)c1. The number of methoxy groups -OCH3 is 1. The summed E-state index contributed by atoms with van der Waals surface area (Å²) in [5, 5.41) is 8.67. The first-order valence-electron chi connectivity index (χ1n) is 9.48. The van der Waals surface area contributed by atoms with Crippen molar-refractivity contribution in [3.63, 3.8) is 0 Å². The van der Waals surface area contributed by atoms with Crippen molar-refractivity contribution in [3.05, 3.63) is 103 Å². The molecule has 0 aromatic heterocycles. The average molecular weight is 382 g/mol. The van der Waals surface area contributed by atoms with Crippen molar-refractivity contribution in [1.82, 2.24) is 0 Å². The van der Waals surface area contributed by atoms with Crippen LogP contribution in [0.1, 0.15) is 11.6 Å². The highest BCUT2D eigenvalue weighted by molar-refractivity contribution is 5.98. The molecule has 4 heteroatoms. The van der Waals surface area contributed by atoms with Gasteiger partial charge in [-0.05, 0) is 40.6 Å². The number of hydrogen-bond donors (Lipinski definition) is 2. The van der Waals surface area contributed by atoms with E-state index in [2.05, 4.69) is 34.9 Å². The Labute approximate surface area is 170 Å². The van der Waals surface area contributed by atoms with E-state index in [4.69, 9.17) is 4.74 Å². The largest absolute Gasteiger partial charge is 0.497 e. The second-order valence-corrected chi connectivity index (χ2v) is 6.77. The fourth-order valence-corrected chi connectivity index (χ4v) is 3.31. The van der Waals surface area contributed by atoms with Crippen molar-refractivity contribution >= 4 is 28.1 Å². The smallest absolute Gasteiger partial charge is 0.251 e. The summed E-state index contributed by atoms with van der Waals surface area (Å²) < 4.78 is 5.25. The normalized spacial score (nSPS) is 11.6. The molecule has 0 saturated heterocycles. The molecule has 0 aliphatic carbocycles. The minimum absolute atomic E-state index is 0.141. The number of anilines is 2. The highest BCUT2D eigenvalue weighted by Crippen LogP contribution is 2.25. The van der Waals surface area contributed by atoms with E-state index in [1.165, 1.54) is 0 Å². The first kappa shape index (κ1) is 18.6. The van der Waals surface area contributed by atoms with Crippen molar-refractivity contribution in [3.8, 4) is 5.75 Å². The molecular weight excluding hydrogens is 360 g/mol. The van der Waals surface area contributed by atoms with Crippen LogP contribution in [0.15, 0.2) is 97.1 Å². The van der Waals surface area contributed by atoms with E-state index in [0.717, 1.165) is 22.0 Å². The van der Waals surface area contributed by atoms with Crippen LogP contribution in [0.2, 0.25) is 0 Å². The molecule has 144 valence electrons. The van der Waals surface area contributed by atoms with Crippen molar-refractivity contribution in [2.45, 2.75) is 6.04 Å². The van der Waals surface area contributed by atoms with Crippen molar-refractivity contribution < 1.29 is 9.53 Å². The molecule has 0 radical (unpaired) electrons. The number of carbonyl (C=O) groups excluding carboxylic acids is 1. The molecule has 0 saturated carbocycles. The zero-order valence-corrected chi connectivity index (χ0v) is 16.1. The molecule has 1 amide bonds. The molecule has 4 aromatic rings. The van der Waals surface area contributed by atoms with Gasteiger partial charge in [0, 0.05) is 17.4 Å². The van der Waals surface area contributed by atoms with Gasteiger partial charge in [0.05, 0.1) is 7.11 Å². The second kappa shape index (κ2) is 8.48. The van der Waals surface area contributed by atoms with Gasteiger partial charge in [-0.1, -0.05) is 66.7 Å². The summed E-state index contributed by atoms with van der Waals surface area (Å²) in [5.74, 6) is 0.555. The average Bonchev–Trinajstić information content (AvgIpc) is 2.78. The van der Waals surface area contributed by atoms with Crippen LogP contribution in [0, 0.1) is 0 Å². The zero-order chi connectivity index (χ0) is 20.1. The van der Waals surface area contributed by atoms with E-state index in [1.807, 2.05) is 66.7 Å². The Bertz CT molecular complexity index is 1130. The summed E-state index contributed by atoms with van der Waals surface area (Å²) in [7, 11) is 1.61. The van der Waals surface area contributed by atoms with E-state index in [9.17, 15) is 4.79 Å². The minimum atomic E-state index is -0.538. The maximum absolute atomic E-state index is 13.2. The molecule has 1 atom stereocenters. The Kier molecular flexibility index (Phi) is 5.43. The monoisotopic (exact) mass is 382 g/mol. The zero-order valence-electron chi connectivity index (χ0n) is 16.1. The molecule has 4 rings (SSSR count). The van der Waals surface area contributed by atoms with Gasteiger partial charge in [-0.15, -0.1) is 0 Å². The predicted molar refractivity (Wildman–Crippen MR) is 118 cm³/mol. The van der Waals surface area contributed by atoms with Crippen LogP contribution in [-0.4, -0.2) is 13.0 Å². The van der Waals surface area contributed by atoms with Crippen LogP contribution in [0.4, 0.5) is 11.4 Å². The second-order valence-electron chi connectivity index (χ2n) is 6.77. The molecule has 0 heterocycles. The van der Waals surface area contributed by atoms with Gasteiger partial charge in [-0.2, -0.15) is 0 Å². The lowest BCUT2D eigenvalue weighted by Crippen LogP contribution is -2.27. The molecule has 0 fully saturated rings. The van der Waals surface area contributed by atoms with Crippen LogP contribution < -0.4 is 15.4 Å². The summed E-state index contributed by atoms with van der Waals surface area (Å²) in [6.45, 7) is 0. The Morgan fingerprint density at radius 2 is 1.52 bits per heavy atom. The van der Waals surface area contributed by atoms with E-state index >= 15 is 0 Å². The summed E-state index contributed by atoms with van der Waals surface area (Å²) in [5.41, 5.74) is 2.47. The Morgan fingerprint density at radius 1 is 0.759 bits per heavy atom. The standard InChI is InChI=1S/C25H22N2O2/c1-29-23-13-7-12-21(17-23)27-25(28)24(19-9-3-2-4-10-19)26-22-15-14-18-8-5-6-11-20(18)16-22/h2-17,24,26H,1H3,(H,27,28)/t24-/m1/s1. The minimum Gasteiger partial charge on any atom is -0.497 e. The van der Waals surface area contributed by atoms with Crippen LogP contribution >= 0.6 is 0 Å². The van der Waals surface area contributed by atoms with Crippen LogP contribution in [0.5, 0.6) is 5.75 Å². The van der Waals surface area contributed by atoms with Crippen LogP contribution in [0.3, 0.4) is 0 Å². The van der Waals surface area contributed by atoms with Gasteiger partial charge in [0.1, 0.15) is 11.8 Å². The Balaban J connectivity index is 1.62. The van der Waals surface area contributed by atoms with Crippen molar-refractivity contribution in [1.29, 1.82) is 0 Å². The number of hydrogen-bond acceptors (Lipinski definition) is 3. The first-order valence-corrected chi connectivity index (χ1v) is 9.48.